The number of aromatic nitrogens is 1. The van der Waals surface area contributed by atoms with Crippen LogP contribution in [0.5, 0.6) is 0 Å². The van der Waals surface area contributed by atoms with Crippen LogP contribution in [0.2, 0.25) is 10.0 Å². The number of nitrogens with one attached hydrogen (secondary N) is 3. The summed E-state index contributed by atoms with van der Waals surface area (Å²) in [4.78, 5) is 40.9. The molecule has 8 nitrogen and oxygen atoms in total. The molecule has 1 aliphatic carbocycles. The van der Waals surface area contributed by atoms with Crippen molar-refractivity contribution in [2.45, 2.75) is 38.1 Å². The number of carboxylic acid groups (broad SMARTS) is 1. The smallest absolute Gasteiger partial charge is 0.321 e. The van der Waals surface area contributed by atoms with E-state index >= 15 is 0 Å². The van der Waals surface area contributed by atoms with E-state index in [4.69, 9.17) is 28.3 Å². The molecule has 0 saturated carbocycles. The van der Waals surface area contributed by atoms with Crippen LogP contribution in [-0.2, 0) is 4.79 Å². The fourth-order valence-electron chi connectivity index (χ4n) is 4.81. The summed E-state index contributed by atoms with van der Waals surface area (Å²) < 4.78 is 0.681. The maximum absolute atomic E-state index is 13.2. The highest BCUT2D eigenvalue weighted by molar-refractivity contribution is 7.23. The number of carbonyl (C=O) groups is 3. The molecule has 0 radical (unpaired) electrons. The lowest BCUT2D eigenvalue weighted by atomic mass is 9.91. The van der Waals surface area contributed by atoms with Crippen molar-refractivity contribution >= 4 is 73.4 Å². The fraction of sp³-hybridized carbons (Fsp3) is 0.226. The van der Waals surface area contributed by atoms with Crippen molar-refractivity contribution in [3.05, 3.63) is 99.0 Å². The van der Waals surface area contributed by atoms with Gasteiger partial charge in [0.2, 0.25) is 0 Å². The van der Waals surface area contributed by atoms with E-state index in [1.54, 1.807) is 36.4 Å². The summed E-state index contributed by atoms with van der Waals surface area (Å²) in [5, 5.41) is 18.4. The molecule has 4 aromatic rings. The number of nitrogens with zero attached hydrogens (tertiary/aromatic N) is 1. The molecule has 4 N–H and O–H groups in total. The summed E-state index contributed by atoms with van der Waals surface area (Å²) in [6, 6.07) is 17.4. The number of thiazole rings is 1. The summed E-state index contributed by atoms with van der Waals surface area (Å²) in [6.07, 6.45) is 6.66. The van der Waals surface area contributed by atoms with Gasteiger partial charge in [-0.2, -0.15) is 0 Å². The first kappa shape index (κ1) is 29.6. The summed E-state index contributed by atoms with van der Waals surface area (Å²) in [5.41, 5.74) is 5.14. The second-order valence-corrected chi connectivity index (χ2v) is 11.7. The highest BCUT2D eigenvalue weighted by Gasteiger charge is 2.20. The van der Waals surface area contributed by atoms with E-state index in [0.29, 0.717) is 31.0 Å². The van der Waals surface area contributed by atoms with Crippen molar-refractivity contribution in [2.24, 2.45) is 0 Å². The van der Waals surface area contributed by atoms with Crippen molar-refractivity contribution in [1.29, 1.82) is 0 Å². The number of urea groups is 1. The number of anilines is 1. The maximum Gasteiger partial charge on any atom is 0.321 e. The molecule has 0 spiro atoms. The zero-order valence-electron chi connectivity index (χ0n) is 22.5. The number of amides is 3. The number of allylic oxidation sites excluding steroid dienone is 2. The number of carbonyl (C=O) groups excluding carboxylic acids is 2. The highest BCUT2D eigenvalue weighted by atomic mass is 35.5. The number of benzene rings is 3. The van der Waals surface area contributed by atoms with E-state index in [1.807, 2.05) is 12.1 Å². The summed E-state index contributed by atoms with van der Waals surface area (Å²) in [5.74, 6) is -1.36. The third kappa shape index (κ3) is 7.10. The van der Waals surface area contributed by atoms with Crippen LogP contribution in [0.3, 0.4) is 0 Å². The molecule has 0 bridgehead atoms. The number of fused-ring (bicyclic) bond motifs is 1. The molecular weight excluding hydrogens is 595 g/mol. The van der Waals surface area contributed by atoms with Crippen molar-refractivity contribution in [3.8, 4) is 0 Å². The molecular formula is C31H28Cl2N4O4S. The second-order valence-electron chi connectivity index (χ2n) is 9.88. The van der Waals surface area contributed by atoms with Crippen LogP contribution in [0.25, 0.3) is 15.8 Å². The first-order valence-electron chi connectivity index (χ1n) is 13.5. The van der Waals surface area contributed by atoms with Crippen molar-refractivity contribution in [1.82, 2.24) is 15.6 Å². The van der Waals surface area contributed by atoms with Gasteiger partial charge in [-0.05, 0) is 72.2 Å². The number of hydrogen-bond acceptors (Lipinski definition) is 5. The lowest BCUT2D eigenvalue weighted by Gasteiger charge is -2.21. The lowest BCUT2D eigenvalue weighted by molar-refractivity contribution is -0.136. The Morgan fingerprint density at radius 3 is 2.33 bits per heavy atom. The van der Waals surface area contributed by atoms with Gasteiger partial charge in [-0.15, -0.1) is 0 Å². The summed E-state index contributed by atoms with van der Waals surface area (Å²) >= 11 is 13.7. The van der Waals surface area contributed by atoms with Gasteiger partial charge in [-0.25, -0.2) is 9.78 Å². The lowest BCUT2D eigenvalue weighted by Crippen LogP contribution is -2.33. The Balaban J connectivity index is 1.37. The van der Waals surface area contributed by atoms with Crippen LogP contribution in [0.1, 0.15) is 65.2 Å². The van der Waals surface area contributed by atoms with Crippen LogP contribution < -0.4 is 16.0 Å². The average Bonchev–Trinajstić information content (AvgIpc) is 3.41. The van der Waals surface area contributed by atoms with E-state index in [1.165, 1.54) is 35.3 Å². The van der Waals surface area contributed by atoms with Crippen LogP contribution in [0.4, 0.5) is 9.93 Å². The Hall–Kier alpha value is -3.92. The third-order valence-electron chi connectivity index (χ3n) is 6.98. The minimum Gasteiger partial charge on any atom is -0.481 e. The summed E-state index contributed by atoms with van der Waals surface area (Å²) in [7, 11) is 0. The number of carboxylic acids is 1. The third-order valence-corrected chi connectivity index (χ3v) is 8.90. The van der Waals surface area contributed by atoms with Gasteiger partial charge < -0.3 is 15.7 Å². The molecule has 5 rings (SSSR count). The van der Waals surface area contributed by atoms with Gasteiger partial charge in [-0.1, -0.05) is 77.0 Å². The molecule has 216 valence electrons. The molecule has 3 amide bonds. The minimum atomic E-state index is -0.985. The Bertz CT molecular complexity index is 1650. The second kappa shape index (κ2) is 13.4. The predicted octanol–water partition coefficient (Wildman–Crippen LogP) is 7.68. The Morgan fingerprint density at radius 1 is 0.952 bits per heavy atom. The van der Waals surface area contributed by atoms with E-state index < -0.39 is 18.0 Å². The van der Waals surface area contributed by atoms with Gasteiger partial charge in [0.1, 0.15) is 0 Å². The van der Waals surface area contributed by atoms with Crippen LogP contribution >= 0.6 is 34.5 Å². The van der Waals surface area contributed by atoms with Gasteiger partial charge in [0.15, 0.2) is 5.13 Å². The van der Waals surface area contributed by atoms with Gasteiger partial charge in [0, 0.05) is 12.1 Å². The number of halogens is 2. The molecule has 1 aliphatic rings. The van der Waals surface area contributed by atoms with E-state index in [0.717, 1.165) is 24.0 Å². The van der Waals surface area contributed by atoms with Gasteiger partial charge >= 0.3 is 12.0 Å². The monoisotopic (exact) mass is 622 g/mol. The van der Waals surface area contributed by atoms with Gasteiger partial charge in [-0.3, -0.25) is 14.9 Å². The molecule has 42 heavy (non-hydrogen) atoms. The predicted molar refractivity (Wildman–Crippen MR) is 168 cm³/mol. The Morgan fingerprint density at radius 2 is 1.67 bits per heavy atom. The van der Waals surface area contributed by atoms with Gasteiger partial charge in [0.05, 0.1) is 32.7 Å². The van der Waals surface area contributed by atoms with Crippen molar-refractivity contribution < 1.29 is 19.5 Å². The van der Waals surface area contributed by atoms with Crippen LogP contribution in [0, 0.1) is 0 Å². The van der Waals surface area contributed by atoms with Crippen LogP contribution in [0.15, 0.2) is 66.7 Å². The molecule has 0 aliphatic heterocycles. The van der Waals surface area contributed by atoms with Crippen LogP contribution in [-0.4, -0.2) is 34.5 Å². The van der Waals surface area contributed by atoms with E-state index in [-0.39, 0.29) is 18.9 Å². The fourth-order valence-corrected chi connectivity index (χ4v) is 6.20. The van der Waals surface area contributed by atoms with E-state index in [9.17, 15) is 14.4 Å². The zero-order chi connectivity index (χ0) is 29.6. The minimum absolute atomic E-state index is 0.0340. The van der Waals surface area contributed by atoms with Crippen molar-refractivity contribution in [3.63, 3.8) is 0 Å². The number of hydrogen-bond donors (Lipinski definition) is 4. The molecule has 1 atom stereocenters. The number of aliphatic carboxylic acids is 1. The SMILES string of the molecule is O=C(O)CCNC(=O)c1ccc(C(NC(=O)Nc2nc3ccc(Cl)c(Cl)c3s2)c2ccc(C3=CCCCC3)cc2)cc1. The quantitative estimate of drug-likeness (QED) is 0.153. The number of rotatable bonds is 9. The highest BCUT2D eigenvalue weighted by Crippen LogP contribution is 2.36. The molecule has 0 saturated heterocycles. The first-order chi connectivity index (χ1) is 20.3. The molecule has 0 fully saturated rings. The van der Waals surface area contributed by atoms with Gasteiger partial charge in [0.25, 0.3) is 5.91 Å². The first-order valence-corrected chi connectivity index (χ1v) is 15.1. The maximum atomic E-state index is 13.2. The topological polar surface area (TPSA) is 120 Å². The van der Waals surface area contributed by atoms with Crippen molar-refractivity contribution in [2.75, 3.05) is 11.9 Å². The standard InChI is InChI=1S/C31H28Cl2N4O4S/c32-23-14-15-24-28(26(23)33)42-31(35-24)37-30(41)36-27(20-8-6-19(7-9-20)18-4-2-1-3-5-18)21-10-12-22(13-11-21)29(40)34-17-16-25(38)39/h4,6-15,27H,1-3,5,16-17H2,(H,34,40)(H,38,39)(H2,35,36,37,41). The summed E-state index contributed by atoms with van der Waals surface area (Å²) in [6.45, 7) is 0.0340. The average molecular weight is 624 g/mol. The molecule has 1 heterocycles. The Kier molecular flexibility index (Phi) is 9.41. The molecule has 1 aromatic heterocycles. The molecule has 1 unspecified atom stereocenters. The molecule has 3 aromatic carbocycles. The van der Waals surface area contributed by atoms with E-state index in [2.05, 4.69) is 39.1 Å². The zero-order valence-corrected chi connectivity index (χ0v) is 24.8. The normalized spacial score (nSPS) is 13.7. The Labute approximate surface area is 256 Å². The molecule has 11 heteroatoms. The largest absolute Gasteiger partial charge is 0.481 e.